The van der Waals surface area contributed by atoms with E-state index in [-0.39, 0.29) is 0 Å². The number of hydrogen-bond donors (Lipinski definition) is 0. The Hall–Kier alpha value is -2.33. The van der Waals surface area contributed by atoms with Crippen molar-refractivity contribution in [1.29, 1.82) is 0 Å². The van der Waals surface area contributed by atoms with Crippen molar-refractivity contribution in [1.82, 2.24) is 14.8 Å². The van der Waals surface area contributed by atoms with E-state index < -0.39 is 0 Å². The van der Waals surface area contributed by atoms with Crippen LogP contribution in [-0.4, -0.2) is 14.8 Å². The van der Waals surface area contributed by atoms with Crippen LogP contribution in [0.25, 0.3) is 11.4 Å². The Kier molecular flexibility index (Phi) is 5.16. The molecule has 0 spiro atoms. The van der Waals surface area contributed by atoms with Gasteiger partial charge in [0.15, 0.2) is 11.0 Å². The Balaban J connectivity index is 1.85. The van der Waals surface area contributed by atoms with Crippen LogP contribution >= 0.6 is 11.8 Å². The molecule has 0 unspecified atom stereocenters. The molecule has 0 aliphatic heterocycles. The fourth-order valence-electron chi connectivity index (χ4n) is 2.52. The molecule has 0 saturated heterocycles. The Morgan fingerprint density at radius 1 is 1.04 bits per heavy atom. The molecule has 0 N–H and O–H groups in total. The Labute approximate surface area is 147 Å². The van der Waals surface area contributed by atoms with Crippen molar-refractivity contribution < 1.29 is 0 Å². The summed E-state index contributed by atoms with van der Waals surface area (Å²) in [5.41, 5.74) is 4.87. The number of benzene rings is 2. The first-order chi connectivity index (χ1) is 11.7. The molecular formula is C20H21N3S. The highest BCUT2D eigenvalue weighted by Gasteiger charge is 2.13. The summed E-state index contributed by atoms with van der Waals surface area (Å²) in [4.78, 5) is 0. The van der Waals surface area contributed by atoms with E-state index in [2.05, 4.69) is 83.7 Å². The Morgan fingerprint density at radius 3 is 2.54 bits per heavy atom. The van der Waals surface area contributed by atoms with Crippen LogP contribution in [-0.2, 0) is 12.3 Å². The molecule has 2 aromatic carbocycles. The molecule has 3 nitrogen and oxygen atoms in total. The second-order valence-electron chi connectivity index (χ2n) is 5.85. The molecule has 0 aliphatic rings. The van der Waals surface area contributed by atoms with Crippen LogP contribution in [0.2, 0.25) is 0 Å². The van der Waals surface area contributed by atoms with E-state index in [4.69, 9.17) is 0 Å². The molecule has 0 aliphatic carbocycles. The maximum Gasteiger partial charge on any atom is 0.192 e. The van der Waals surface area contributed by atoms with Crippen molar-refractivity contribution >= 4 is 11.8 Å². The number of aryl methyl sites for hydroxylation is 2. The van der Waals surface area contributed by atoms with Crippen molar-refractivity contribution in [2.75, 3.05) is 0 Å². The van der Waals surface area contributed by atoms with Gasteiger partial charge in [0.25, 0.3) is 0 Å². The molecule has 3 rings (SSSR count). The standard InChI is InChI=1S/C20H21N3S/c1-4-12-23-19(18-7-5-6-16(3)13-18)21-22-20(23)24-14-17-10-8-15(2)9-11-17/h4-11,13H,1,12,14H2,2-3H3. The molecule has 0 radical (unpaired) electrons. The number of aromatic nitrogens is 3. The van der Waals surface area contributed by atoms with Gasteiger partial charge in [0, 0.05) is 17.9 Å². The molecule has 0 amide bonds. The maximum absolute atomic E-state index is 4.42. The molecule has 0 bridgehead atoms. The average Bonchev–Trinajstić information content (AvgIpc) is 2.98. The van der Waals surface area contributed by atoms with Crippen molar-refractivity contribution in [3.05, 3.63) is 77.9 Å². The summed E-state index contributed by atoms with van der Waals surface area (Å²) >= 11 is 1.71. The van der Waals surface area contributed by atoms with Gasteiger partial charge in [0.05, 0.1) is 0 Å². The van der Waals surface area contributed by atoms with E-state index >= 15 is 0 Å². The summed E-state index contributed by atoms with van der Waals surface area (Å²) in [6.45, 7) is 8.76. The largest absolute Gasteiger partial charge is 0.298 e. The van der Waals surface area contributed by atoms with Crippen LogP contribution in [0.15, 0.2) is 66.3 Å². The number of rotatable bonds is 6. The summed E-state index contributed by atoms with van der Waals surface area (Å²) < 4.78 is 2.13. The molecule has 1 heterocycles. The van der Waals surface area contributed by atoms with E-state index in [1.165, 1.54) is 16.7 Å². The first kappa shape index (κ1) is 16.5. The average molecular weight is 335 g/mol. The van der Waals surface area contributed by atoms with Gasteiger partial charge in [0.1, 0.15) is 0 Å². The van der Waals surface area contributed by atoms with E-state index in [1.807, 2.05) is 6.08 Å². The third-order valence-corrected chi connectivity index (χ3v) is 4.83. The van der Waals surface area contributed by atoms with E-state index in [0.29, 0.717) is 6.54 Å². The lowest BCUT2D eigenvalue weighted by Gasteiger charge is -2.08. The van der Waals surface area contributed by atoms with Gasteiger partial charge in [0.2, 0.25) is 0 Å². The Bertz CT molecular complexity index is 834. The smallest absolute Gasteiger partial charge is 0.192 e. The maximum atomic E-state index is 4.42. The van der Waals surface area contributed by atoms with Crippen molar-refractivity contribution in [2.24, 2.45) is 0 Å². The lowest BCUT2D eigenvalue weighted by Crippen LogP contribution is -2.00. The predicted octanol–water partition coefficient (Wildman–Crippen LogP) is 5.04. The monoisotopic (exact) mass is 335 g/mol. The second kappa shape index (κ2) is 7.49. The lowest BCUT2D eigenvalue weighted by molar-refractivity contribution is 0.731. The minimum absolute atomic E-state index is 0.701. The Morgan fingerprint density at radius 2 is 1.83 bits per heavy atom. The highest BCUT2D eigenvalue weighted by atomic mass is 32.2. The molecule has 0 saturated carbocycles. The summed E-state index contributed by atoms with van der Waals surface area (Å²) in [6, 6.07) is 17.0. The lowest BCUT2D eigenvalue weighted by atomic mass is 10.1. The van der Waals surface area contributed by atoms with Crippen LogP contribution in [0.3, 0.4) is 0 Å². The van der Waals surface area contributed by atoms with Crippen LogP contribution in [0.4, 0.5) is 0 Å². The summed E-state index contributed by atoms with van der Waals surface area (Å²) in [5.74, 6) is 1.77. The molecule has 24 heavy (non-hydrogen) atoms. The van der Waals surface area contributed by atoms with Crippen molar-refractivity contribution in [2.45, 2.75) is 31.3 Å². The molecule has 3 aromatic rings. The third-order valence-electron chi connectivity index (χ3n) is 3.79. The minimum atomic E-state index is 0.701. The van der Waals surface area contributed by atoms with Crippen LogP contribution < -0.4 is 0 Å². The minimum Gasteiger partial charge on any atom is -0.298 e. The zero-order chi connectivity index (χ0) is 16.9. The van der Waals surface area contributed by atoms with E-state index in [9.17, 15) is 0 Å². The highest BCUT2D eigenvalue weighted by Crippen LogP contribution is 2.27. The SMILES string of the molecule is C=CCn1c(SCc2ccc(C)cc2)nnc1-c1cccc(C)c1. The van der Waals surface area contributed by atoms with Gasteiger partial charge in [-0.25, -0.2) is 0 Å². The molecular weight excluding hydrogens is 314 g/mol. The number of nitrogens with zero attached hydrogens (tertiary/aromatic N) is 3. The van der Waals surface area contributed by atoms with Gasteiger partial charge in [-0.2, -0.15) is 0 Å². The fraction of sp³-hybridized carbons (Fsp3) is 0.200. The van der Waals surface area contributed by atoms with Crippen molar-refractivity contribution in [3.8, 4) is 11.4 Å². The highest BCUT2D eigenvalue weighted by molar-refractivity contribution is 7.98. The summed E-state index contributed by atoms with van der Waals surface area (Å²) in [7, 11) is 0. The first-order valence-corrected chi connectivity index (χ1v) is 8.95. The van der Waals surface area contributed by atoms with E-state index in [1.54, 1.807) is 11.8 Å². The van der Waals surface area contributed by atoms with Gasteiger partial charge in [-0.1, -0.05) is 71.4 Å². The van der Waals surface area contributed by atoms with Gasteiger partial charge in [-0.3, -0.25) is 4.57 Å². The molecule has 122 valence electrons. The normalized spacial score (nSPS) is 10.8. The summed E-state index contributed by atoms with van der Waals surface area (Å²) in [5, 5.41) is 9.74. The zero-order valence-corrected chi connectivity index (χ0v) is 14.9. The van der Waals surface area contributed by atoms with Gasteiger partial charge < -0.3 is 0 Å². The summed E-state index contributed by atoms with van der Waals surface area (Å²) in [6.07, 6.45) is 1.89. The quantitative estimate of drug-likeness (QED) is 0.467. The van der Waals surface area contributed by atoms with Crippen LogP contribution in [0, 0.1) is 13.8 Å². The second-order valence-corrected chi connectivity index (χ2v) is 6.79. The van der Waals surface area contributed by atoms with Crippen molar-refractivity contribution in [3.63, 3.8) is 0 Å². The molecule has 1 aromatic heterocycles. The zero-order valence-electron chi connectivity index (χ0n) is 14.1. The first-order valence-electron chi connectivity index (χ1n) is 7.97. The molecule has 0 fully saturated rings. The topological polar surface area (TPSA) is 30.7 Å². The fourth-order valence-corrected chi connectivity index (χ4v) is 3.42. The van der Waals surface area contributed by atoms with Gasteiger partial charge in [-0.15, -0.1) is 16.8 Å². The van der Waals surface area contributed by atoms with Gasteiger partial charge in [-0.05, 0) is 25.5 Å². The third kappa shape index (κ3) is 3.77. The molecule has 0 atom stereocenters. The van der Waals surface area contributed by atoms with Crippen LogP contribution in [0.1, 0.15) is 16.7 Å². The van der Waals surface area contributed by atoms with Crippen LogP contribution in [0.5, 0.6) is 0 Å². The van der Waals surface area contributed by atoms with Gasteiger partial charge >= 0.3 is 0 Å². The number of hydrogen-bond acceptors (Lipinski definition) is 3. The molecule has 4 heteroatoms. The number of thioether (sulfide) groups is 1. The van der Waals surface area contributed by atoms with E-state index in [0.717, 1.165) is 22.3 Å². The predicted molar refractivity (Wildman–Crippen MR) is 101 cm³/mol. The number of allylic oxidation sites excluding steroid dienone is 1.